The predicted octanol–water partition coefficient (Wildman–Crippen LogP) is 2.51. The van der Waals surface area contributed by atoms with E-state index in [1.165, 1.54) is 18.2 Å². The molecule has 0 unspecified atom stereocenters. The first-order valence-electron chi connectivity index (χ1n) is 3.94. The lowest BCUT2D eigenvalue weighted by Gasteiger charge is -2.09. The minimum atomic E-state index is -2.95. The number of hydrogen-bond acceptors (Lipinski definition) is 4. The zero-order valence-electron chi connectivity index (χ0n) is 7.48. The van der Waals surface area contributed by atoms with Gasteiger partial charge in [-0.2, -0.15) is 13.8 Å². The SMILES string of the molecule is OCc1cccc(OC(F)F)c1N=C=S. The molecule has 1 aromatic rings. The van der Waals surface area contributed by atoms with E-state index in [0.717, 1.165) is 0 Å². The van der Waals surface area contributed by atoms with Gasteiger partial charge in [-0.25, -0.2) is 0 Å². The number of hydrogen-bond donors (Lipinski definition) is 1. The monoisotopic (exact) mass is 231 g/mol. The van der Waals surface area contributed by atoms with Crippen LogP contribution < -0.4 is 4.74 Å². The first-order chi connectivity index (χ1) is 7.19. The molecule has 6 heteroatoms. The van der Waals surface area contributed by atoms with Gasteiger partial charge in [0.2, 0.25) is 0 Å². The molecule has 1 N–H and O–H groups in total. The van der Waals surface area contributed by atoms with Crippen LogP contribution in [0.4, 0.5) is 14.5 Å². The summed E-state index contributed by atoms with van der Waals surface area (Å²) in [5, 5.41) is 11.0. The number of benzene rings is 1. The van der Waals surface area contributed by atoms with Gasteiger partial charge in [-0.3, -0.25) is 0 Å². The van der Waals surface area contributed by atoms with Crippen LogP contribution in [0.25, 0.3) is 0 Å². The van der Waals surface area contributed by atoms with Crippen LogP contribution in [0.2, 0.25) is 0 Å². The summed E-state index contributed by atoms with van der Waals surface area (Å²) in [6.07, 6.45) is 0. The highest BCUT2D eigenvalue weighted by Crippen LogP contribution is 2.32. The summed E-state index contributed by atoms with van der Waals surface area (Å²) in [5.41, 5.74) is 0.431. The van der Waals surface area contributed by atoms with E-state index in [1.54, 1.807) is 0 Å². The van der Waals surface area contributed by atoms with Gasteiger partial charge in [0.05, 0.1) is 11.8 Å². The Morgan fingerprint density at radius 2 is 2.27 bits per heavy atom. The Morgan fingerprint density at radius 3 is 2.80 bits per heavy atom. The lowest BCUT2D eigenvalue weighted by Crippen LogP contribution is -2.02. The van der Waals surface area contributed by atoms with Crippen molar-refractivity contribution in [3.8, 4) is 5.75 Å². The molecule has 0 aliphatic heterocycles. The van der Waals surface area contributed by atoms with Crippen LogP contribution in [0.5, 0.6) is 5.75 Å². The molecule has 0 radical (unpaired) electrons. The maximum atomic E-state index is 12.0. The topological polar surface area (TPSA) is 41.8 Å². The molecule has 0 aliphatic rings. The highest BCUT2D eigenvalue weighted by atomic mass is 32.1. The lowest BCUT2D eigenvalue weighted by atomic mass is 10.2. The average Bonchev–Trinajstić information content (AvgIpc) is 2.20. The quantitative estimate of drug-likeness (QED) is 0.639. The molecule has 0 fully saturated rings. The van der Waals surface area contributed by atoms with Gasteiger partial charge in [-0.05, 0) is 18.3 Å². The number of isothiocyanates is 1. The van der Waals surface area contributed by atoms with Crippen molar-refractivity contribution in [1.29, 1.82) is 0 Å². The zero-order chi connectivity index (χ0) is 11.3. The molecule has 3 nitrogen and oxygen atoms in total. The molecule has 0 spiro atoms. The van der Waals surface area contributed by atoms with E-state index in [9.17, 15) is 8.78 Å². The highest BCUT2D eigenvalue weighted by Gasteiger charge is 2.12. The molecule has 1 aromatic carbocycles. The van der Waals surface area contributed by atoms with E-state index < -0.39 is 6.61 Å². The minimum absolute atomic E-state index is 0.0790. The molecule has 0 aromatic heterocycles. The summed E-state index contributed by atoms with van der Waals surface area (Å²) in [5.74, 6) is -0.131. The van der Waals surface area contributed by atoms with Crippen LogP contribution in [-0.4, -0.2) is 16.9 Å². The molecule has 0 amide bonds. The van der Waals surface area contributed by atoms with Crippen LogP contribution in [-0.2, 0) is 6.61 Å². The summed E-state index contributed by atoms with van der Waals surface area (Å²) in [6, 6.07) is 4.33. The molecule has 0 heterocycles. The Morgan fingerprint density at radius 1 is 1.53 bits per heavy atom. The van der Waals surface area contributed by atoms with Gasteiger partial charge in [0.25, 0.3) is 0 Å². The second-order valence-corrected chi connectivity index (χ2v) is 2.69. The van der Waals surface area contributed by atoms with Gasteiger partial charge in [0.15, 0.2) is 5.75 Å². The Bertz CT molecular complexity index is 392. The fourth-order valence-electron chi connectivity index (χ4n) is 1.06. The molecule has 0 bridgehead atoms. The van der Waals surface area contributed by atoms with E-state index in [0.29, 0.717) is 5.56 Å². The highest BCUT2D eigenvalue weighted by molar-refractivity contribution is 7.78. The van der Waals surface area contributed by atoms with Crippen molar-refractivity contribution in [2.75, 3.05) is 0 Å². The number of thiocarbonyl (C=S) groups is 1. The van der Waals surface area contributed by atoms with E-state index in [2.05, 4.69) is 21.9 Å². The summed E-state index contributed by atoms with van der Waals surface area (Å²) in [7, 11) is 0. The van der Waals surface area contributed by atoms with Crippen molar-refractivity contribution >= 4 is 23.1 Å². The first-order valence-corrected chi connectivity index (χ1v) is 4.35. The molecule has 0 aliphatic carbocycles. The van der Waals surface area contributed by atoms with E-state index >= 15 is 0 Å². The van der Waals surface area contributed by atoms with Crippen molar-refractivity contribution in [2.24, 2.45) is 4.99 Å². The van der Waals surface area contributed by atoms with Gasteiger partial charge >= 0.3 is 6.61 Å². The van der Waals surface area contributed by atoms with Crippen molar-refractivity contribution in [1.82, 2.24) is 0 Å². The summed E-state index contributed by atoms with van der Waals surface area (Å²) < 4.78 is 28.2. The van der Waals surface area contributed by atoms with Crippen molar-refractivity contribution in [3.05, 3.63) is 23.8 Å². The number of ether oxygens (including phenoxy) is 1. The number of halogens is 2. The summed E-state index contributed by atoms with van der Waals surface area (Å²) >= 11 is 4.37. The number of rotatable bonds is 4. The molecule has 80 valence electrons. The summed E-state index contributed by atoms with van der Waals surface area (Å²) in [6.45, 7) is -3.28. The number of para-hydroxylation sites is 1. The number of alkyl halides is 2. The smallest absolute Gasteiger partial charge is 0.387 e. The largest absolute Gasteiger partial charge is 0.432 e. The number of aliphatic imine (C=N–C) groups is 1. The average molecular weight is 231 g/mol. The second-order valence-electron chi connectivity index (χ2n) is 2.50. The van der Waals surface area contributed by atoms with Crippen LogP contribution in [0.15, 0.2) is 23.2 Å². The Kier molecular flexibility index (Phi) is 4.30. The number of aliphatic hydroxyl groups is 1. The van der Waals surface area contributed by atoms with Crippen molar-refractivity contribution < 1.29 is 18.6 Å². The molecule has 15 heavy (non-hydrogen) atoms. The standard InChI is InChI=1S/C9H7F2NO2S/c10-9(11)14-7-3-1-2-6(4-13)8(7)12-5-15/h1-3,9,13H,4H2. The number of nitrogens with zero attached hydrogens (tertiary/aromatic N) is 1. The Hall–Kier alpha value is -1.36. The molecule has 0 saturated carbocycles. The predicted molar refractivity (Wildman–Crippen MR) is 53.7 cm³/mol. The molecule has 0 saturated heterocycles. The molecular weight excluding hydrogens is 224 g/mol. The maximum Gasteiger partial charge on any atom is 0.387 e. The second kappa shape index (κ2) is 5.50. The van der Waals surface area contributed by atoms with Gasteiger partial charge in [-0.1, -0.05) is 12.1 Å². The third kappa shape index (κ3) is 3.06. The molecular formula is C9H7F2NO2S. The Balaban J connectivity index is 3.18. The van der Waals surface area contributed by atoms with Gasteiger partial charge in [-0.15, -0.1) is 0 Å². The van der Waals surface area contributed by atoms with Crippen LogP contribution in [0, 0.1) is 0 Å². The Labute approximate surface area is 90.0 Å². The molecule has 0 atom stereocenters. The van der Waals surface area contributed by atoms with Gasteiger partial charge in [0.1, 0.15) is 5.69 Å². The molecule has 1 rings (SSSR count). The minimum Gasteiger partial charge on any atom is -0.432 e. The third-order valence-corrected chi connectivity index (χ3v) is 1.72. The van der Waals surface area contributed by atoms with Crippen molar-refractivity contribution in [2.45, 2.75) is 13.2 Å². The lowest BCUT2D eigenvalue weighted by molar-refractivity contribution is -0.0495. The fraction of sp³-hybridized carbons (Fsp3) is 0.222. The fourth-order valence-corrected chi connectivity index (χ4v) is 1.15. The van der Waals surface area contributed by atoms with E-state index in [4.69, 9.17) is 5.11 Å². The maximum absolute atomic E-state index is 12.0. The van der Waals surface area contributed by atoms with E-state index in [-0.39, 0.29) is 18.0 Å². The third-order valence-electron chi connectivity index (χ3n) is 1.63. The van der Waals surface area contributed by atoms with E-state index in [1.807, 2.05) is 5.16 Å². The zero-order valence-corrected chi connectivity index (χ0v) is 8.30. The van der Waals surface area contributed by atoms with Gasteiger partial charge < -0.3 is 9.84 Å². The van der Waals surface area contributed by atoms with Crippen LogP contribution in [0.1, 0.15) is 5.56 Å². The van der Waals surface area contributed by atoms with Crippen LogP contribution >= 0.6 is 12.2 Å². The van der Waals surface area contributed by atoms with Crippen molar-refractivity contribution in [3.63, 3.8) is 0 Å². The normalized spacial score (nSPS) is 9.87. The summed E-state index contributed by atoms with van der Waals surface area (Å²) in [4.78, 5) is 3.58. The van der Waals surface area contributed by atoms with Crippen LogP contribution in [0.3, 0.4) is 0 Å². The first kappa shape index (κ1) is 11.7. The number of aliphatic hydroxyl groups excluding tert-OH is 1. The van der Waals surface area contributed by atoms with Gasteiger partial charge in [0, 0.05) is 5.56 Å².